The highest BCUT2D eigenvalue weighted by Gasteiger charge is 2.33. The SMILES string of the molecule is Cc1ccc(Cl)c(N2C(=O)CS/C2=N\C(=O)NNC(C)c2ccc(-c3ncn(-c4ccc(C(F)(F)F)cc4)n3)cc2)c1C. The molecule has 1 aliphatic heterocycles. The van der Waals surface area contributed by atoms with Crippen LogP contribution in [0.25, 0.3) is 17.1 Å². The first-order chi connectivity index (χ1) is 20.4. The average Bonchev–Trinajstić information content (AvgIpc) is 3.61. The van der Waals surface area contributed by atoms with Crippen molar-refractivity contribution in [3.63, 3.8) is 0 Å². The Morgan fingerprint density at radius 1 is 1.07 bits per heavy atom. The maximum absolute atomic E-state index is 12.8. The number of rotatable bonds is 6. The molecule has 0 bridgehead atoms. The van der Waals surface area contributed by atoms with Crippen molar-refractivity contribution in [3.05, 3.63) is 94.3 Å². The highest BCUT2D eigenvalue weighted by atomic mass is 35.5. The lowest BCUT2D eigenvalue weighted by atomic mass is 10.1. The fraction of sp³-hybridized carbons (Fsp3) is 0.207. The normalized spacial score (nSPS) is 15.3. The van der Waals surface area contributed by atoms with Gasteiger partial charge in [0, 0.05) is 11.6 Å². The molecule has 1 unspecified atom stereocenters. The van der Waals surface area contributed by atoms with Crippen LogP contribution in [0, 0.1) is 13.8 Å². The summed E-state index contributed by atoms with van der Waals surface area (Å²) in [5.74, 6) is 0.323. The van der Waals surface area contributed by atoms with Gasteiger partial charge in [-0.3, -0.25) is 15.1 Å². The zero-order valence-corrected chi connectivity index (χ0v) is 24.7. The van der Waals surface area contributed by atoms with Gasteiger partial charge in [-0.1, -0.05) is 53.7 Å². The highest BCUT2D eigenvalue weighted by Crippen LogP contribution is 2.36. The van der Waals surface area contributed by atoms with Crippen LogP contribution in [0.3, 0.4) is 0 Å². The van der Waals surface area contributed by atoms with Gasteiger partial charge in [-0.15, -0.1) is 5.10 Å². The number of amides is 3. The molecule has 1 aromatic heterocycles. The third-order valence-corrected chi connectivity index (χ3v) is 8.08. The van der Waals surface area contributed by atoms with Crippen LogP contribution in [-0.4, -0.2) is 37.6 Å². The second kappa shape index (κ2) is 12.2. The summed E-state index contributed by atoms with van der Waals surface area (Å²) in [5.41, 5.74) is 9.01. The topological polar surface area (TPSA) is 105 Å². The van der Waals surface area contributed by atoms with Gasteiger partial charge in [0.25, 0.3) is 0 Å². The number of benzene rings is 3. The van der Waals surface area contributed by atoms with Crippen LogP contribution in [0.2, 0.25) is 5.02 Å². The molecule has 1 atom stereocenters. The van der Waals surface area contributed by atoms with Crippen LogP contribution in [0.1, 0.15) is 35.2 Å². The Labute approximate surface area is 254 Å². The predicted octanol–water partition coefficient (Wildman–Crippen LogP) is 6.63. The number of amidine groups is 1. The highest BCUT2D eigenvalue weighted by molar-refractivity contribution is 8.15. The quantitative estimate of drug-likeness (QED) is 0.233. The summed E-state index contributed by atoms with van der Waals surface area (Å²) < 4.78 is 39.9. The summed E-state index contributed by atoms with van der Waals surface area (Å²) in [6, 6.07) is 14.5. The molecule has 0 spiro atoms. The zero-order chi connectivity index (χ0) is 30.9. The van der Waals surface area contributed by atoms with Crippen LogP contribution in [0.4, 0.5) is 23.7 Å². The first-order valence-corrected chi connectivity index (χ1v) is 14.3. The van der Waals surface area contributed by atoms with Crippen LogP contribution < -0.4 is 15.8 Å². The summed E-state index contributed by atoms with van der Waals surface area (Å²) in [4.78, 5) is 35.1. The van der Waals surface area contributed by atoms with Gasteiger partial charge in [-0.05, 0) is 67.8 Å². The minimum Gasteiger partial charge on any atom is -0.273 e. The molecule has 4 aromatic rings. The summed E-state index contributed by atoms with van der Waals surface area (Å²) in [5, 5.41) is 5.00. The molecule has 222 valence electrons. The van der Waals surface area contributed by atoms with Gasteiger partial charge in [-0.2, -0.15) is 18.2 Å². The van der Waals surface area contributed by atoms with E-state index < -0.39 is 17.8 Å². The number of aryl methyl sites for hydroxylation is 1. The largest absolute Gasteiger partial charge is 0.416 e. The third kappa shape index (κ3) is 6.58. The van der Waals surface area contributed by atoms with E-state index in [1.54, 1.807) is 18.2 Å². The van der Waals surface area contributed by atoms with Crippen molar-refractivity contribution in [1.82, 2.24) is 25.6 Å². The molecule has 43 heavy (non-hydrogen) atoms. The van der Waals surface area contributed by atoms with E-state index in [9.17, 15) is 22.8 Å². The molecular formula is C29H25ClF3N7O2S. The number of anilines is 1. The number of urea groups is 1. The summed E-state index contributed by atoms with van der Waals surface area (Å²) in [6.45, 7) is 5.62. The number of aliphatic imine (C=N–C) groups is 1. The maximum Gasteiger partial charge on any atom is 0.416 e. The Morgan fingerprint density at radius 3 is 2.44 bits per heavy atom. The number of carbonyl (C=O) groups is 2. The van der Waals surface area contributed by atoms with Crippen molar-refractivity contribution in [2.45, 2.75) is 33.0 Å². The fourth-order valence-corrected chi connectivity index (χ4v) is 5.46. The van der Waals surface area contributed by atoms with E-state index in [0.717, 1.165) is 40.6 Å². The van der Waals surface area contributed by atoms with E-state index in [4.69, 9.17) is 11.6 Å². The van der Waals surface area contributed by atoms with Crippen LogP contribution in [0.15, 0.2) is 72.0 Å². The number of alkyl halides is 3. The molecule has 9 nitrogen and oxygen atoms in total. The molecule has 2 heterocycles. The molecule has 14 heteroatoms. The van der Waals surface area contributed by atoms with Gasteiger partial charge < -0.3 is 0 Å². The number of carbonyl (C=O) groups excluding carboxylic acids is 2. The molecule has 0 aliphatic carbocycles. The zero-order valence-electron chi connectivity index (χ0n) is 23.1. The number of hydrogen-bond donors (Lipinski definition) is 2. The number of hydrazine groups is 1. The van der Waals surface area contributed by atoms with Gasteiger partial charge in [0.05, 0.1) is 27.7 Å². The first kappa shape index (κ1) is 30.3. The Balaban J connectivity index is 1.22. The van der Waals surface area contributed by atoms with Crippen LogP contribution in [0.5, 0.6) is 0 Å². The van der Waals surface area contributed by atoms with Crippen LogP contribution >= 0.6 is 23.4 Å². The summed E-state index contributed by atoms with van der Waals surface area (Å²) >= 11 is 7.56. The lowest BCUT2D eigenvalue weighted by Crippen LogP contribution is -2.39. The molecule has 5 rings (SSSR count). The Bertz CT molecular complexity index is 1710. The summed E-state index contributed by atoms with van der Waals surface area (Å²) in [7, 11) is 0. The predicted molar refractivity (Wildman–Crippen MR) is 160 cm³/mol. The van der Waals surface area contributed by atoms with Gasteiger partial charge >= 0.3 is 12.2 Å². The molecule has 1 aliphatic rings. The lowest BCUT2D eigenvalue weighted by molar-refractivity contribution is -0.137. The maximum atomic E-state index is 12.8. The number of halogens is 4. The molecule has 3 aromatic carbocycles. The Hall–Kier alpha value is -4.20. The van der Waals surface area contributed by atoms with Gasteiger partial charge in [0.2, 0.25) is 5.91 Å². The van der Waals surface area contributed by atoms with Crippen molar-refractivity contribution in [3.8, 4) is 17.1 Å². The smallest absolute Gasteiger partial charge is 0.273 e. The monoisotopic (exact) mass is 627 g/mol. The minimum absolute atomic E-state index is 0.142. The van der Waals surface area contributed by atoms with Gasteiger partial charge in [0.1, 0.15) is 6.33 Å². The second-order valence-corrected chi connectivity index (χ2v) is 11.1. The second-order valence-electron chi connectivity index (χ2n) is 9.73. The standard InChI is InChI=1S/C29H25ClF3N7O2S/c1-16-4-13-23(30)25(17(16)2)40-24(41)14-43-28(40)35-27(42)37-36-18(3)19-5-7-20(8-6-19)26-34-15-39(38-26)22-11-9-21(10-12-22)29(31,32)33/h4-13,15,18,36H,14H2,1-3H3,(H,37,42)/b35-28-. The van der Waals surface area contributed by atoms with Crippen molar-refractivity contribution in [2.75, 3.05) is 10.7 Å². The van der Waals surface area contributed by atoms with E-state index in [1.165, 1.54) is 28.0 Å². The third-order valence-electron chi connectivity index (χ3n) is 6.85. The molecule has 0 saturated carbocycles. The molecular weight excluding hydrogens is 603 g/mol. The number of aromatic nitrogens is 3. The first-order valence-electron chi connectivity index (χ1n) is 13.0. The molecule has 2 N–H and O–H groups in total. The van der Waals surface area contributed by atoms with E-state index in [1.807, 2.05) is 39.0 Å². The summed E-state index contributed by atoms with van der Waals surface area (Å²) in [6.07, 6.45) is -2.98. The molecule has 3 amide bonds. The van der Waals surface area contributed by atoms with Crippen molar-refractivity contribution >= 4 is 46.2 Å². The van der Waals surface area contributed by atoms with Gasteiger partial charge in [-0.25, -0.2) is 19.9 Å². The minimum atomic E-state index is -4.41. The molecule has 0 radical (unpaired) electrons. The van der Waals surface area contributed by atoms with Crippen LogP contribution in [-0.2, 0) is 11.0 Å². The Kier molecular flexibility index (Phi) is 8.58. The number of thioether (sulfide) groups is 1. The van der Waals surface area contributed by atoms with E-state index >= 15 is 0 Å². The number of nitrogens with zero attached hydrogens (tertiary/aromatic N) is 5. The van der Waals surface area contributed by atoms with E-state index in [2.05, 4.69) is 25.9 Å². The molecule has 1 saturated heterocycles. The Morgan fingerprint density at radius 2 is 1.77 bits per heavy atom. The van der Waals surface area contributed by atoms with E-state index in [-0.39, 0.29) is 22.9 Å². The molecule has 1 fully saturated rings. The number of nitrogens with one attached hydrogen (secondary N) is 2. The van der Waals surface area contributed by atoms with Gasteiger partial charge in [0.15, 0.2) is 11.0 Å². The van der Waals surface area contributed by atoms with Crippen molar-refractivity contribution < 1.29 is 22.8 Å². The van der Waals surface area contributed by atoms with Crippen molar-refractivity contribution in [2.24, 2.45) is 4.99 Å². The lowest BCUT2D eigenvalue weighted by Gasteiger charge is -2.21. The average molecular weight is 628 g/mol. The van der Waals surface area contributed by atoms with Crippen molar-refractivity contribution in [1.29, 1.82) is 0 Å². The fourth-order valence-electron chi connectivity index (χ4n) is 4.32. The number of hydrogen-bond acceptors (Lipinski definition) is 6. The van der Waals surface area contributed by atoms with E-state index in [0.29, 0.717) is 27.8 Å².